The van der Waals surface area contributed by atoms with E-state index >= 15 is 0 Å². The van der Waals surface area contributed by atoms with Crippen molar-refractivity contribution in [3.8, 4) is 12.3 Å². The van der Waals surface area contributed by atoms with E-state index in [9.17, 15) is 13.2 Å². The van der Waals surface area contributed by atoms with Crippen LogP contribution in [0.25, 0.3) is 0 Å². The lowest BCUT2D eigenvalue weighted by atomic mass is 10.1. The van der Waals surface area contributed by atoms with E-state index in [0.717, 1.165) is 0 Å². The summed E-state index contributed by atoms with van der Waals surface area (Å²) in [5.41, 5.74) is 0. The lowest BCUT2D eigenvalue weighted by Gasteiger charge is -2.19. The van der Waals surface area contributed by atoms with Gasteiger partial charge in [-0.2, -0.15) is 0 Å². The van der Waals surface area contributed by atoms with Crippen LogP contribution in [0.3, 0.4) is 0 Å². The first-order chi connectivity index (χ1) is 8.15. The Bertz CT molecular complexity index is 410. The third-order valence-electron chi connectivity index (χ3n) is 2.43. The molecule has 0 aromatic carbocycles. The summed E-state index contributed by atoms with van der Waals surface area (Å²) >= 11 is 0. The Balaban J connectivity index is 4.13. The third-order valence-corrected chi connectivity index (χ3v) is 3.41. The van der Waals surface area contributed by atoms with Gasteiger partial charge in [-0.15, -0.1) is 6.42 Å². The van der Waals surface area contributed by atoms with Gasteiger partial charge in [0.1, 0.15) is 9.84 Å². The number of hydrogen-bond donors (Lipinski definition) is 2. The molecule has 0 rings (SSSR count). The second kappa shape index (κ2) is 7.27. The van der Waals surface area contributed by atoms with Crippen molar-refractivity contribution in [2.24, 2.45) is 5.92 Å². The molecule has 5 nitrogen and oxygen atoms in total. The Kier molecular flexibility index (Phi) is 6.77. The quantitative estimate of drug-likeness (QED) is 0.702. The van der Waals surface area contributed by atoms with Crippen molar-refractivity contribution in [1.29, 1.82) is 0 Å². The molecule has 0 unspecified atom stereocenters. The molecule has 0 aliphatic rings. The van der Waals surface area contributed by atoms with Crippen molar-refractivity contribution < 1.29 is 13.2 Å². The summed E-state index contributed by atoms with van der Waals surface area (Å²) in [6, 6.07) is -0.912. The monoisotopic (exact) mass is 274 g/mol. The van der Waals surface area contributed by atoms with Gasteiger partial charge in [0.2, 0.25) is 0 Å². The zero-order valence-corrected chi connectivity index (χ0v) is 12.2. The summed E-state index contributed by atoms with van der Waals surface area (Å²) in [5, 5.41) is 5.32. The highest BCUT2D eigenvalue weighted by Gasteiger charge is 2.15. The Hall–Kier alpha value is -1.22. The first-order valence-corrected chi connectivity index (χ1v) is 7.92. The molecule has 0 saturated carbocycles. The van der Waals surface area contributed by atoms with Gasteiger partial charge in [-0.3, -0.25) is 0 Å². The van der Waals surface area contributed by atoms with E-state index < -0.39 is 9.84 Å². The van der Waals surface area contributed by atoms with E-state index in [2.05, 4.69) is 16.6 Å². The number of urea groups is 1. The molecule has 0 aliphatic carbocycles. The molecular formula is C12H22N2O3S. The molecule has 0 spiro atoms. The molecule has 0 bridgehead atoms. The third kappa shape index (κ3) is 7.96. The summed E-state index contributed by atoms with van der Waals surface area (Å²) in [5.74, 6) is 2.69. The molecule has 0 fully saturated rings. The molecule has 0 saturated heterocycles. The van der Waals surface area contributed by atoms with Crippen LogP contribution in [0, 0.1) is 18.3 Å². The minimum atomic E-state index is -3.00. The molecule has 18 heavy (non-hydrogen) atoms. The van der Waals surface area contributed by atoms with Crippen LogP contribution >= 0.6 is 0 Å². The molecule has 0 radical (unpaired) electrons. The molecule has 2 amide bonds. The molecular weight excluding hydrogens is 252 g/mol. The van der Waals surface area contributed by atoms with Crippen molar-refractivity contribution in [2.45, 2.75) is 39.3 Å². The van der Waals surface area contributed by atoms with E-state index in [0.29, 0.717) is 6.42 Å². The zero-order chi connectivity index (χ0) is 14.3. The number of amides is 2. The number of terminal acetylenes is 1. The fraction of sp³-hybridized carbons (Fsp3) is 0.750. The maximum atomic E-state index is 11.6. The van der Waals surface area contributed by atoms with Crippen LogP contribution in [0.15, 0.2) is 0 Å². The van der Waals surface area contributed by atoms with Crippen molar-refractivity contribution in [2.75, 3.05) is 12.0 Å². The summed E-state index contributed by atoms with van der Waals surface area (Å²) < 4.78 is 22.0. The highest BCUT2D eigenvalue weighted by Crippen LogP contribution is 2.00. The average Bonchev–Trinajstić information content (AvgIpc) is 2.21. The molecule has 0 aromatic heterocycles. The van der Waals surface area contributed by atoms with Gasteiger partial charge >= 0.3 is 6.03 Å². The Morgan fingerprint density at radius 1 is 1.28 bits per heavy atom. The fourth-order valence-electron chi connectivity index (χ4n) is 1.27. The molecule has 6 heteroatoms. The van der Waals surface area contributed by atoms with Crippen LogP contribution in [0.4, 0.5) is 4.79 Å². The van der Waals surface area contributed by atoms with Gasteiger partial charge in [-0.05, 0) is 19.3 Å². The van der Waals surface area contributed by atoms with Gasteiger partial charge in [0, 0.05) is 12.3 Å². The van der Waals surface area contributed by atoms with Crippen molar-refractivity contribution >= 4 is 15.9 Å². The van der Waals surface area contributed by atoms with Crippen LogP contribution < -0.4 is 10.6 Å². The molecule has 0 aromatic rings. The zero-order valence-electron chi connectivity index (χ0n) is 11.4. The fourth-order valence-corrected chi connectivity index (χ4v) is 2.05. The van der Waals surface area contributed by atoms with E-state index in [1.54, 1.807) is 6.92 Å². The van der Waals surface area contributed by atoms with Crippen LogP contribution in [0.2, 0.25) is 0 Å². The van der Waals surface area contributed by atoms with Crippen LogP contribution in [-0.4, -0.2) is 38.5 Å². The van der Waals surface area contributed by atoms with Gasteiger partial charge in [-0.1, -0.05) is 19.8 Å². The predicted octanol–water partition coefficient (Wildman–Crippen LogP) is 0.767. The maximum Gasteiger partial charge on any atom is 0.315 e. The highest BCUT2D eigenvalue weighted by molar-refractivity contribution is 7.90. The molecule has 2 N–H and O–H groups in total. The van der Waals surface area contributed by atoms with Crippen molar-refractivity contribution in [3.05, 3.63) is 0 Å². The smallest absolute Gasteiger partial charge is 0.315 e. The first-order valence-electron chi connectivity index (χ1n) is 5.86. The normalized spacial score (nSPS) is 14.7. The van der Waals surface area contributed by atoms with Gasteiger partial charge in [0.15, 0.2) is 0 Å². The van der Waals surface area contributed by atoms with Crippen molar-refractivity contribution in [3.63, 3.8) is 0 Å². The number of carbonyl (C=O) groups is 1. The summed E-state index contributed by atoms with van der Waals surface area (Å²) in [6.45, 7) is 5.58. The largest absolute Gasteiger partial charge is 0.336 e. The summed E-state index contributed by atoms with van der Waals surface area (Å²) in [7, 11) is -3.00. The van der Waals surface area contributed by atoms with Gasteiger partial charge in [0.25, 0.3) is 0 Å². The van der Waals surface area contributed by atoms with Crippen LogP contribution in [-0.2, 0) is 9.84 Å². The second-order valence-electron chi connectivity index (χ2n) is 4.83. The van der Waals surface area contributed by atoms with Crippen LogP contribution in [0.5, 0.6) is 0 Å². The van der Waals surface area contributed by atoms with E-state index in [-0.39, 0.29) is 29.8 Å². The van der Waals surface area contributed by atoms with Gasteiger partial charge in [-0.25, -0.2) is 13.2 Å². The highest BCUT2D eigenvalue weighted by atomic mass is 32.2. The van der Waals surface area contributed by atoms with E-state index in [4.69, 9.17) is 6.42 Å². The minimum absolute atomic E-state index is 0.0528. The molecule has 104 valence electrons. The Morgan fingerprint density at radius 2 is 1.83 bits per heavy atom. The second-order valence-corrected chi connectivity index (χ2v) is 7.09. The summed E-state index contributed by atoms with van der Waals surface area (Å²) in [4.78, 5) is 11.6. The Labute approximate surface area is 110 Å². The first kappa shape index (κ1) is 16.8. The van der Waals surface area contributed by atoms with E-state index in [1.807, 2.05) is 13.8 Å². The molecule has 0 aliphatic heterocycles. The number of rotatable bonds is 6. The topological polar surface area (TPSA) is 75.3 Å². The lowest BCUT2D eigenvalue weighted by Crippen LogP contribution is -2.47. The maximum absolute atomic E-state index is 11.6. The molecule has 2 atom stereocenters. The standard InChI is InChI=1S/C12H22N2O3S/c1-6-11(9(2)3)14-12(15)13-10(4)7-8-18(5,16)17/h1,9-11H,7-8H2,2-5H3,(H2,13,14,15)/t10-,11-/m1/s1. The Morgan fingerprint density at radius 3 is 2.22 bits per heavy atom. The number of sulfone groups is 1. The average molecular weight is 274 g/mol. The summed E-state index contributed by atoms with van der Waals surface area (Å²) in [6.07, 6.45) is 6.85. The number of nitrogens with one attached hydrogen (secondary N) is 2. The minimum Gasteiger partial charge on any atom is -0.336 e. The SMILES string of the molecule is C#C[C@@H](NC(=O)N[C@H](C)CCS(C)(=O)=O)C(C)C. The molecule has 0 heterocycles. The van der Waals surface area contributed by atoms with Crippen LogP contribution in [0.1, 0.15) is 27.2 Å². The number of carbonyl (C=O) groups excluding carboxylic acids is 1. The van der Waals surface area contributed by atoms with Gasteiger partial charge in [0.05, 0.1) is 11.8 Å². The predicted molar refractivity (Wildman–Crippen MR) is 72.9 cm³/mol. The van der Waals surface area contributed by atoms with E-state index in [1.165, 1.54) is 6.26 Å². The lowest BCUT2D eigenvalue weighted by molar-refractivity contribution is 0.233. The number of hydrogen-bond acceptors (Lipinski definition) is 3. The van der Waals surface area contributed by atoms with Crippen molar-refractivity contribution in [1.82, 2.24) is 10.6 Å². The van der Waals surface area contributed by atoms with Gasteiger partial charge < -0.3 is 10.6 Å².